The summed E-state index contributed by atoms with van der Waals surface area (Å²) in [6.07, 6.45) is -1.70. The molecule has 206 valence electrons. The highest BCUT2D eigenvalue weighted by Gasteiger charge is 2.43. The molecule has 0 saturated carbocycles. The van der Waals surface area contributed by atoms with Crippen molar-refractivity contribution in [3.63, 3.8) is 0 Å². The second-order valence-corrected chi connectivity index (χ2v) is 8.84. The van der Waals surface area contributed by atoms with E-state index in [4.69, 9.17) is 14.2 Å². The predicted molar refractivity (Wildman–Crippen MR) is 138 cm³/mol. The zero-order chi connectivity index (χ0) is 27.7. The van der Waals surface area contributed by atoms with Crippen LogP contribution in [-0.2, 0) is 9.53 Å². The van der Waals surface area contributed by atoms with Crippen LogP contribution in [0, 0.1) is 0 Å². The summed E-state index contributed by atoms with van der Waals surface area (Å²) in [7, 11) is 1.44. The van der Waals surface area contributed by atoms with Crippen molar-refractivity contribution in [3.8, 4) is 17.2 Å². The van der Waals surface area contributed by atoms with Gasteiger partial charge in [0.15, 0.2) is 11.5 Å². The molecule has 2 aromatic carbocycles. The van der Waals surface area contributed by atoms with Gasteiger partial charge in [-0.3, -0.25) is 9.59 Å². The van der Waals surface area contributed by atoms with Crippen molar-refractivity contribution in [2.75, 3.05) is 20.2 Å². The van der Waals surface area contributed by atoms with Gasteiger partial charge in [0.2, 0.25) is 12.2 Å². The Labute approximate surface area is 220 Å². The Morgan fingerprint density at radius 2 is 1.63 bits per heavy atom. The van der Waals surface area contributed by atoms with Crippen LogP contribution in [0.4, 0.5) is 0 Å². The summed E-state index contributed by atoms with van der Waals surface area (Å²) in [6.45, 7) is 2.46. The fourth-order valence-corrected chi connectivity index (χ4v) is 3.73. The van der Waals surface area contributed by atoms with E-state index in [1.54, 1.807) is 43.3 Å². The second kappa shape index (κ2) is 13.8. The number of ether oxygens (including phenoxy) is 3. The number of unbranched alkanes of at least 4 members (excludes halogenated alkanes) is 1. The number of hydrogen-bond acceptors (Lipinski definition) is 9. The molecule has 0 spiro atoms. The summed E-state index contributed by atoms with van der Waals surface area (Å²) < 4.78 is 16.5. The first kappa shape index (κ1) is 28.9. The molecule has 1 aliphatic rings. The average molecular weight is 531 g/mol. The SMILES string of the molecule is COc1cc(C=CC(=O)NCCCCNC(=O)c2ccc(O)cc2)ccc1O[C@H]1O[C@@H](C)[C@H](O)[C@@H](O)[C@H]1O. The third-order valence-corrected chi connectivity index (χ3v) is 5.98. The molecule has 5 atom stereocenters. The highest BCUT2D eigenvalue weighted by Crippen LogP contribution is 2.32. The van der Waals surface area contributed by atoms with E-state index in [1.807, 2.05) is 0 Å². The Balaban J connectivity index is 1.41. The number of benzene rings is 2. The van der Waals surface area contributed by atoms with Gasteiger partial charge in [0.25, 0.3) is 5.91 Å². The van der Waals surface area contributed by atoms with E-state index < -0.39 is 30.7 Å². The van der Waals surface area contributed by atoms with Gasteiger partial charge < -0.3 is 45.3 Å². The number of amides is 2. The van der Waals surface area contributed by atoms with E-state index >= 15 is 0 Å². The number of aromatic hydroxyl groups is 1. The molecule has 0 aliphatic carbocycles. The highest BCUT2D eigenvalue weighted by atomic mass is 16.7. The smallest absolute Gasteiger partial charge is 0.251 e. The summed E-state index contributed by atoms with van der Waals surface area (Å²) in [6, 6.07) is 10.9. The molecule has 2 amide bonds. The molecule has 0 aromatic heterocycles. The van der Waals surface area contributed by atoms with Crippen molar-refractivity contribution in [3.05, 3.63) is 59.7 Å². The normalized spacial score (nSPS) is 23.1. The minimum Gasteiger partial charge on any atom is -0.508 e. The molecular weight excluding hydrogens is 496 g/mol. The van der Waals surface area contributed by atoms with Crippen molar-refractivity contribution in [1.82, 2.24) is 10.6 Å². The summed E-state index contributed by atoms with van der Waals surface area (Å²) in [5.74, 6) is 0.174. The lowest BCUT2D eigenvalue weighted by atomic mass is 10.00. The van der Waals surface area contributed by atoms with Crippen LogP contribution in [0.5, 0.6) is 17.2 Å². The van der Waals surface area contributed by atoms with Gasteiger partial charge in [0.1, 0.15) is 24.1 Å². The minimum atomic E-state index is -1.45. The minimum absolute atomic E-state index is 0.0976. The van der Waals surface area contributed by atoms with Gasteiger partial charge >= 0.3 is 0 Å². The molecule has 1 aliphatic heterocycles. The second-order valence-electron chi connectivity index (χ2n) is 8.84. The van der Waals surface area contributed by atoms with E-state index in [2.05, 4.69) is 10.6 Å². The maximum absolute atomic E-state index is 12.1. The molecule has 3 rings (SSSR count). The lowest BCUT2D eigenvalue weighted by molar-refractivity contribution is -0.268. The fourth-order valence-electron chi connectivity index (χ4n) is 3.73. The Hall–Kier alpha value is -3.64. The van der Waals surface area contributed by atoms with Crippen molar-refractivity contribution < 1.29 is 44.2 Å². The molecule has 0 radical (unpaired) electrons. The number of carbonyl (C=O) groups is 2. The number of aliphatic hydroxyl groups is 3. The molecule has 11 heteroatoms. The number of phenolic OH excluding ortho intramolecular Hbond substituents is 1. The molecule has 0 bridgehead atoms. The van der Waals surface area contributed by atoms with Crippen LogP contribution in [0.25, 0.3) is 6.08 Å². The molecule has 0 unspecified atom stereocenters. The van der Waals surface area contributed by atoms with E-state index in [0.717, 1.165) is 0 Å². The number of carbonyl (C=O) groups excluding carboxylic acids is 2. The molecule has 2 aromatic rings. The molecule has 11 nitrogen and oxygen atoms in total. The number of phenols is 1. The maximum Gasteiger partial charge on any atom is 0.251 e. The van der Waals surface area contributed by atoms with Crippen LogP contribution in [-0.4, -0.2) is 83.1 Å². The van der Waals surface area contributed by atoms with Gasteiger partial charge in [-0.25, -0.2) is 0 Å². The lowest BCUT2D eigenvalue weighted by Gasteiger charge is -2.39. The quantitative estimate of drug-likeness (QED) is 0.183. The molecule has 1 fully saturated rings. The van der Waals surface area contributed by atoms with E-state index in [0.29, 0.717) is 42.8 Å². The summed E-state index contributed by atoms with van der Waals surface area (Å²) >= 11 is 0. The first-order valence-electron chi connectivity index (χ1n) is 12.3. The Bertz CT molecular complexity index is 1110. The zero-order valence-corrected chi connectivity index (χ0v) is 21.2. The summed E-state index contributed by atoms with van der Waals surface area (Å²) in [5.41, 5.74) is 1.13. The van der Waals surface area contributed by atoms with Crippen LogP contribution < -0.4 is 20.1 Å². The van der Waals surface area contributed by atoms with Gasteiger partial charge in [-0.1, -0.05) is 6.07 Å². The lowest BCUT2D eigenvalue weighted by Crippen LogP contribution is -2.58. The van der Waals surface area contributed by atoms with E-state index in [-0.39, 0.29) is 23.3 Å². The summed E-state index contributed by atoms with van der Waals surface area (Å²) in [4.78, 5) is 24.2. The number of rotatable bonds is 11. The Morgan fingerprint density at radius 3 is 2.32 bits per heavy atom. The van der Waals surface area contributed by atoms with Gasteiger partial charge in [-0.05, 0) is 67.8 Å². The van der Waals surface area contributed by atoms with Crippen molar-refractivity contribution in [2.24, 2.45) is 0 Å². The van der Waals surface area contributed by atoms with Gasteiger partial charge in [-0.15, -0.1) is 0 Å². The maximum atomic E-state index is 12.1. The number of aliphatic hydroxyl groups excluding tert-OH is 3. The number of hydrogen-bond donors (Lipinski definition) is 6. The topological polar surface area (TPSA) is 167 Å². The zero-order valence-electron chi connectivity index (χ0n) is 21.2. The monoisotopic (exact) mass is 530 g/mol. The summed E-state index contributed by atoms with van der Waals surface area (Å²) in [5, 5.41) is 44.8. The van der Waals surface area contributed by atoms with E-state index in [1.165, 1.54) is 25.3 Å². The third kappa shape index (κ3) is 7.93. The van der Waals surface area contributed by atoms with Gasteiger partial charge in [0.05, 0.1) is 13.2 Å². The molecule has 1 heterocycles. The molecule has 38 heavy (non-hydrogen) atoms. The number of methoxy groups -OCH3 is 1. The third-order valence-electron chi connectivity index (χ3n) is 5.98. The largest absolute Gasteiger partial charge is 0.508 e. The molecule has 6 N–H and O–H groups in total. The Morgan fingerprint density at radius 1 is 0.947 bits per heavy atom. The van der Waals surface area contributed by atoms with E-state index in [9.17, 15) is 30.0 Å². The van der Waals surface area contributed by atoms with Crippen molar-refractivity contribution in [1.29, 1.82) is 0 Å². The van der Waals surface area contributed by atoms with Crippen LogP contribution in [0.2, 0.25) is 0 Å². The van der Waals surface area contributed by atoms with Crippen molar-refractivity contribution in [2.45, 2.75) is 50.5 Å². The van der Waals surface area contributed by atoms with Crippen LogP contribution >= 0.6 is 0 Å². The van der Waals surface area contributed by atoms with Gasteiger partial charge in [-0.2, -0.15) is 0 Å². The first-order valence-corrected chi connectivity index (χ1v) is 12.3. The molecular formula is C27H34N2O9. The standard InChI is InChI=1S/C27H34N2O9/c1-16-23(32)24(33)25(34)27(37-16)38-20-11-5-17(15-21(20)36-2)6-12-22(31)28-13-3-4-14-29-26(35)18-7-9-19(30)10-8-18/h5-12,15-16,23-25,27,30,32-34H,3-4,13-14H2,1-2H3,(H,28,31)(H,29,35)/t16-,23-,24+,25+,27+/m0/s1. The Kier molecular flexibility index (Phi) is 10.5. The molecule has 1 saturated heterocycles. The number of nitrogens with one attached hydrogen (secondary N) is 2. The van der Waals surface area contributed by atoms with Crippen LogP contribution in [0.1, 0.15) is 35.7 Å². The first-order chi connectivity index (χ1) is 18.2. The average Bonchev–Trinajstić information content (AvgIpc) is 2.91. The predicted octanol–water partition coefficient (Wildman–Crippen LogP) is 0.947. The van der Waals surface area contributed by atoms with Gasteiger partial charge in [0, 0.05) is 24.7 Å². The van der Waals surface area contributed by atoms with Crippen LogP contribution in [0.3, 0.4) is 0 Å². The fraction of sp³-hybridized carbons (Fsp3) is 0.407. The highest BCUT2D eigenvalue weighted by molar-refractivity contribution is 5.94. The van der Waals surface area contributed by atoms with Crippen molar-refractivity contribution >= 4 is 17.9 Å². The van der Waals surface area contributed by atoms with Crippen LogP contribution in [0.15, 0.2) is 48.5 Å².